The van der Waals surface area contributed by atoms with E-state index >= 15 is 0 Å². The third kappa shape index (κ3) is 3.28. The van der Waals surface area contributed by atoms with Crippen molar-refractivity contribution < 1.29 is 9.22 Å². The van der Waals surface area contributed by atoms with Crippen molar-refractivity contribution in [3.05, 3.63) is 12.2 Å². The Bertz CT molecular complexity index is 274. The molecular formula is C12H22O2Si. The molecule has 0 heterocycles. The molecule has 1 aliphatic rings. The van der Waals surface area contributed by atoms with Gasteiger partial charge >= 0.3 is 0 Å². The van der Waals surface area contributed by atoms with E-state index in [0.29, 0.717) is 6.42 Å². The summed E-state index contributed by atoms with van der Waals surface area (Å²) < 4.78 is 6.19. The Labute approximate surface area is 93.8 Å². The van der Waals surface area contributed by atoms with Crippen molar-refractivity contribution in [2.45, 2.75) is 57.8 Å². The Morgan fingerprint density at radius 1 is 1.40 bits per heavy atom. The summed E-state index contributed by atoms with van der Waals surface area (Å²) in [6, 6.07) is 0. The number of carbonyl (C=O) groups is 1. The van der Waals surface area contributed by atoms with Gasteiger partial charge < -0.3 is 4.43 Å². The topological polar surface area (TPSA) is 26.3 Å². The third-order valence-electron chi connectivity index (χ3n) is 3.42. The van der Waals surface area contributed by atoms with Crippen LogP contribution in [0.3, 0.4) is 0 Å². The van der Waals surface area contributed by atoms with Gasteiger partial charge in [0.2, 0.25) is 0 Å². The van der Waals surface area contributed by atoms with Crippen molar-refractivity contribution in [3.63, 3.8) is 0 Å². The SMILES string of the molecule is CC(C)(C)[Si](C)(C)OC1C=CC(=O)CC1. The van der Waals surface area contributed by atoms with Crippen LogP contribution in [0.15, 0.2) is 12.2 Å². The first-order valence-corrected chi connectivity index (χ1v) is 8.52. The monoisotopic (exact) mass is 226 g/mol. The van der Waals surface area contributed by atoms with Crippen molar-refractivity contribution >= 4 is 14.1 Å². The molecule has 1 aliphatic carbocycles. The molecule has 3 heteroatoms. The van der Waals surface area contributed by atoms with Gasteiger partial charge in [0.1, 0.15) is 0 Å². The number of carbonyl (C=O) groups excluding carboxylic acids is 1. The van der Waals surface area contributed by atoms with Crippen molar-refractivity contribution in [2.24, 2.45) is 0 Å². The van der Waals surface area contributed by atoms with E-state index in [1.165, 1.54) is 0 Å². The van der Waals surface area contributed by atoms with Crippen molar-refractivity contribution in [3.8, 4) is 0 Å². The second-order valence-corrected chi connectivity index (χ2v) is 10.5. The summed E-state index contributed by atoms with van der Waals surface area (Å²) in [7, 11) is -1.68. The Balaban J connectivity index is 2.63. The normalized spacial score (nSPS) is 23.3. The second kappa shape index (κ2) is 4.22. The van der Waals surface area contributed by atoms with E-state index in [0.717, 1.165) is 6.42 Å². The summed E-state index contributed by atoms with van der Waals surface area (Å²) >= 11 is 0. The molecule has 0 spiro atoms. The molecule has 0 fully saturated rings. The highest BCUT2D eigenvalue weighted by molar-refractivity contribution is 6.74. The summed E-state index contributed by atoms with van der Waals surface area (Å²) in [5, 5.41) is 0.238. The molecule has 0 aliphatic heterocycles. The molecule has 2 nitrogen and oxygen atoms in total. The third-order valence-corrected chi connectivity index (χ3v) is 7.93. The van der Waals surface area contributed by atoms with Crippen LogP contribution in [0.5, 0.6) is 0 Å². The minimum absolute atomic E-state index is 0.156. The lowest BCUT2D eigenvalue weighted by Crippen LogP contribution is -2.44. The molecule has 1 atom stereocenters. The maximum Gasteiger partial charge on any atom is 0.192 e. The van der Waals surface area contributed by atoms with Crippen LogP contribution in [0, 0.1) is 0 Å². The minimum atomic E-state index is -1.68. The summed E-state index contributed by atoms with van der Waals surface area (Å²) in [6.07, 6.45) is 5.23. The summed E-state index contributed by atoms with van der Waals surface area (Å²) in [5.41, 5.74) is 0. The van der Waals surface area contributed by atoms with Crippen LogP contribution in [0.2, 0.25) is 18.1 Å². The van der Waals surface area contributed by atoms with Gasteiger partial charge in [0.15, 0.2) is 14.1 Å². The predicted molar refractivity (Wildman–Crippen MR) is 65.5 cm³/mol. The van der Waals surface area contributed by atoms with Crippen LogP contribution in [0.1, 0.15) is 33.6 Å². The van der Waals surface area contributed by atoms with Gasteiger partial charge in [-0.05, 0) is 30.6 Å². The Morgan fingerprint density at radius 2 is 2.00 bits per heavy atom. The molecule has 0 amide bonds. The zero-order valence-electron chi connectivity index (χ0n) is 10.5. The smallest absolute Gasteiger partial charge is 0.192 e. The van der Waals surface area contributed by atoms with Gasteiger partial charge in [0.05, 0.1) is 6.10 Å². The average molecular weight is 226 g/mol. The molecule has 1 rings (SSSR count). The first-order chi connectivity index (χ1) is 6.72. The highest BCUT2D eigenvalue weighted by Crippen LogP contribution is 2.38. The number of hydrogen-bond donors (Lipinski definition) is 0. The molecule has 0 radical (unpaired) electrons. The molecule has 0 saturated carbocycles. The van der Waals surface area contributed by atoms with Crippen molar-refractivity contribution in [1.82, 2.24) is 0 Å². The Morgan fingerprint density at radius 3 is 2.40 bits per heavy atom. The van der Waals surface area contributed by atoms with Crippen LogP contribution in [-0.4, -0.2) is 20.2 Å². The van der Waals surface area contributed by atoms with Crippen LogP contribution in [0.4, 0.5) is 0 Å². The second-order valence-electron chi connectivity index (χ2n) is 5.78. The van der Waals surface area contributed by atoms with Crippen LogP contribution < -0.4 is 0 Å². The number of allylic oxidation sites excluding steroid dienone is 1. The zero-order chi connectivity index (χ0) is 11.7. The molecule has 86 valence electrons. The summed E-state index contributed by atoms with van der Waals surface area (Å²) in [4.78, 5) is 11.0. The standard InChI is InChI=1S/C12H22O2Si/c1-12(2,3)15(4,5)14-11-8-6-10(13)7-9-11/h6,8,11H,7,9H2,1-5H3. The van der Waals surface area contributed by atoms with Gasteiger partial charge in [0.25, 0.3) is 0 Å². The van der Waals surface area contributed by atoms with Gasteiger partial charge in [-0.3, -0.25) is 4.79 Å². The molecule has 0 aromatic heterocycles. The Kier molecular flexibility index (Phi) is 3.56. The van der Waals surface area contributed by atoms with Crippen LogP contribution >= 0.6 is 0 Å². The molecule has 15 heavy (non-hydrogen) atoms. The van der Waals surface area contributed by atoms with Gasteiger partial charge in [-0.15, -0.1) is 0 Å². The largest absolute Gasteiger partial charge is 0.411 e. The van der Waals surface area contributed by atoms with E-state index in [2.05, 4.69) is 33.9 Å². The predicted octanol–water partition coefficient (Wildman–Crippen LogP) is 3.30. The van der Waals surface area contributed by atoms with Gasteiger partial charge in [-0.25, -0.2) is 0 Å². The van der Waals surface area contributed by atoms with E-state index in [1.807, 2.05) is 6.08 Å². The fraction of sp³-hybridized carbons (Fsp3) is 0.750. The lowest BCUT2D eigenvalue weighted by molar-refractivity contribution is -0.115. The summed E-state index contributed by atoms with van der Waals surface area (Å²) in [6.45, 7) is 11.2. The molecule has 0 aromatic rings. The lowest BCUT2D eigenvalue weighted by Gasteiger charge is -2.39. The molecule has 0 bridgehead atoms. The Hall–Kier alpha value is -0.413. The highest BCUT2D eigenvalue weighted by atomic mass is 28.4. The number of rotatable bonds is 2. The van der Waals surface area contributed by atoms with E-state index < -0.39 is 8.32 Å². The van der Waals surface area contributed by atoms with E-state index in [1.54, 1.807) is 6.08 Å². The van der Waals surface area contributed by atoms with Gasteiger partial charge in [-0.2, -0.15) is 0 Å². The van der Waals surface area contributed by atoms with Gasteiger partial charge in [-0.1, -0.05) is 26.8 Å². The maximum absolute atomic E-state index is 11.0. The minimum Gasteiger partial charge on any atom is -0.411 e. The fourth-order valence-electron chi connectivity index (χ4n) is 1.33. The van der Waals surface area contributed by atoms with Gasteiger partial charge in [0, 0.05) is 6.42 Å². The van der Waals surface area contributed by atoms with E-state index in [4.69, 9.17) is 4.43 Å². The number of ketones is 1. The molecule has 0 aromatic carbocycles. The van der Waals surface area contributed by atoms with E-state index in [-0.39, 0.29) is 16.9 Å². The number of hydrogen-bond acceptors (Lipinski definition) is 2. The first-order valence-electron chi connectivity index (χ1n) is 5.61. The first kappa shape index (κ1) is 12.7. The maximum atomic E-state index is 11.0. The molecule has 0 saturated heterocycles. The molecule has 0 N–H and O–H groups in total. The lowest BCUT2D eigenvalue weighted by atomic mass is 10.0. The molecule has 1 unspecified atom stereocenters. The van der Waals surface area contributed by atoms with Crippen molar-refractivity contribution in [2.75, 3.05) is 0 Å². The fourth-order valence-corrected chi connectivity index (χ4v) is 2.64. The average Bonchev–Trinajstić information content (AvgIpc) is 2.06. The van der Waals surface area contributed by atoms with Crippen LogP contribution in [0.25, 0.3) is 0 Å². The quantitative estimate of drug-likeness (QED) is 0.675. The van der Waals surface area contributed by atoms with Crippen molar-refractivity contribution in [1.29, 1.82) is 0 Å². The molecular weight excluding hydrogens is 204 g/mol. The summed E-state index contributed by atoms with van der Waals surface area (Å²) in [5.74, 6) is 0.227. The zero-order valence-corrected chi connectivity index (χ0v) is 11.5. The highest BCUT2D eigenvalue weighted by Gasteiger charge is 2.38. The van der Waals surface area contributed by atoms with Crippen LogP contribution in [-0.2, 0) is 9.22 Å². The van der Waals surface area contributed by atoms with E-state index in [9.17, 15) is 4.79 Å².